The van der Waals surface area contributed by atoms with Crippen LogP contribution < -0.4 is 14.8 Å². The van der Waals surface area contributed by atoms with Crippen molar-refractivity contribution in [3.05, 3.63) is 65.9 Å². The van der Waals surface area contributed by atoms with Crippen LogP contribution in [0, 0.1) is 0 Å². The Labute approximate surface area is 163 Å². The molecule has 0 bridgehead atoms. The molecule has 4 rings (SSSR count). The van der Waals surface area contributed by atoms with E-state index in [1.165, 1.54) is 5.56 Å². The number of nitrogens with one attached hydrogen (secondary N) is 1. The maximum atomic E-state index is 12.3. The summed E-state index contributed by atoms with van der Waals surface area (Å²) in [5.74, 6) is 1.93. The average molecular weight is 378 g/mol. The number of carbonyl (C=O) groups is 1. The summed E-state index contributed by atoms with van der Waals surface area (Å²) in [6, 6.07) is 17.7. The number of hydrogen-bond donors (Lipinski definition) is 1. The van der Waals surface area contributed by atoms with Crippen molar-refractivity contribution in [2.75, 3.05) is 6.79 Å². The Balaban J connectivity index is 1.30. The van der Waals surface area contributed by atoms with Crippen LogP contribution in [0.2, 0.25) is 0 Å². The van der Waals surface area contributed by atoms with Crippen LogP contribution in [0.4, 0.5) is 0 Å². The summed E-state index contributed by atoms with van der Waals surface area (Å²) in [6.45, 7) is 2.24. The van der Waals surface area contributed by atoms with Crippen molar-refractivity contribution in [2.24, 2.45) is 0 Å². The molecule has 6 heteroatoms. The molecule has 0 radical (unpaired) electrons. The van der Waals surface area contributed by atoms with E-state index < -0.39 is 0 Å². The number of benzene rings is 2. The van der Waals surface area contributed by atoms with Gasteiger partial charge >= 0.3 is 0 Å². The first-order valence-electron chi connectivity index (χ1n) is 9.36. The van der Waals surface area contributed by atoms with Crippen LogP contribution in [0.25, 0.3) is 11.3 Å². The minimum Gasteiger partial charge on any atom is -0.454 e. The van der Waals surface area contributed by atoms with Gasteiger partial charge in [-0.05, 0) is 43.5 Å². The third kappa shape index (κ3) is 4.34. The monoisotopic (exact) mass is 378 g/mol. The fourth-order valence-corrected chi connectivity index (χ4v) is 3.17. The first kappa shape index (κ1) is 18.1. The zero-order valence-corrected chi connectivity index (χ0v) is 15.7. The molecule has 0 saturated heterocycles. The maximum Gasteiger partial charge on any atom is 0.231 e. The standard InChI is InChI=1S/C22H22N2O4/c1-15(7-8-16-5-3-2-4-6-16)23-22(25)13-18-12-20(28-24-18)17-9-10-19-21(11-17)27-14-26-19/h2-6,9-12,15H,7-8,13-14H2,1H3,(H,23,25). The van der Waals surface area contributed by atoms with E-state index in [9.17, 15) is 4.79 Å². The van der Waals surface area contributed by atoms with Gasteiger partial charge < -0.3 is 19.3 Å². The Morgan fingerprint density at radius 1 is 1.11 bits per heavy atom. The van der Waals surface area contributed by atoms with Gasteiger partial charge in [-0.2, -0.15) is 0 Å². The van der Waals surface area contributed by atoms with E-state index in [2.05, 4.69) is 22.6 Å². The highest BCUT2D eigenvalue weighted by Gasteiger charge is 2.17. The lowest BCUT2D eigenvalue weighted by Crippen LogP contribution is -2.34. The minimum atomic E-state index is -0.0638. The topological polar surface area (TPSA) is 73.6 Å². The number of aromatic nitrogens is 1. The molecule has 0 fully saturated rings. The fourth-order valence-electron chi connectivity index (χ4n) is 3.17. The van der Waals surface area contributed by atoms with Crippen molar-refractivity contribution in [3.63, 3.8) is 0 Å². The number of ether oxygens (including phenoxy) is 2. The number of carbonyl (C=O) groups excluding carboxylic acids is 1. The minimum absolute atomic E-state index is 0.0638. The van der Waals surface area contributed by atoms with E-state index in [1.807, 2.05) is 43.3 Å². The number of fused-ring (bicyclic) bond motifs is 1. The van der Waals surface area contributed by atoms with Crippen LogP contribution in [0.3, 0.4) is 0 Å². The lowest BCUT2D eigenvalue weighted by Gasteiger charge is -2.13. The molecule has 28 heavy (non-hydrogen) atoms. The normalized spacial score (nSPS) is 13.3. The molecule has 1 N–H and O–H groups in total. The molecule has 1 unspecified atom stereocenters. The second-order valence-electron chi connectivity index (χ2n) is 6.92. The van der Waals surface area contributed by atoms with Crippen molar-refractivity contribution in [2.45, 2.75) is 32.2 Å². The van der Waals surface area contributed by atoms with Gasteiger partial charge in [0.15, 0.2) is 17.3 Å². The van der Waals surface area contributed by atoms with Crippen molar-refractivity contribution in [3.8, 4) is 22.8 Å². The number of amides is 1. The van der Waals surface area contributed by atoms with Crippen molar-refractivity contribution in [1.82, 2.24) is 10.5 Å². The van der Waals surface area contributed by atoms with Crippen molar-refractivity contribution < 1.29 is 18.8 Å². The Hall–Kier alpha value is -3.28. The number of hydrogen-bond acceptors (Lipinski definition) is 5. The quantitative estimate of drug-likeness (QED) is 0.678. The summed E-state index contributed by atoms with van der Waals surface area (Å²) >= 11 is 0. The predicted octanol–water partition coefficient (Wildman–Crippen LogP) is 3.75. The van der Waals surface area contributed by atoms with Gasteiger partial charge in [0.05, 0.1) is 12.1 Å². The number of rotatable bonds is 7. The summed E-state index contributed by atoms with van der Waals surface area (Å²) in [7, 11) is 0. The van der Waals surface area contributed by atoms with Gasteiger partial charge in [0, 0.05) is 17.7 Å². The van der Waals surface area contributed by atoms with E-state index in [0.717, 1.165) is 18.4 Å². The highest BCUT2D eigenvalue weighted by atomic mass is 16.7. The van der Waals surface area contributed by atoms with Crippen LogP contribution in [0.5, 0.6) is 11.5 Å². The molecule has 1 amide bonds. The van der Waals surface area contributed by atoms with Crippen LogP contribution in [-0.4, -0.2) is 23.9 Å². The molecule has 1 aliphatic heterocycles. The third-order valence-electron chi connectivity index (χ3n) is 4.67. The van der Waals surface area contributed by atoms with Gasteiger partial charge in [0.25, 0.3) is 0 Å². The van der Waals surface area contributed by atoms with Gasteiger partial charge in [-0.3, -0.25) is 4.79 Å². The number of aryl methyl sites for hydroxylation is 1. The van der Waals surface area contributed by atoms with Crippen molar-refractivity contribution in [1.29, 1.82) is 0 Å². The Morgan fingerprint density at radius 3 is 2.79 bits per heavy atom. The first-order chi connectivity index (χ1) is 13.7. The summed E-state index contributed by atoms with van der Waals surface area (Å²) in [5, 5.41) is 7.04. The number of nitrogens with zero attached hydrogens (tertiary/aromatic N) is 1. The molecule has 0 aliphatic carbocycles. The molecule has 1 atom stereocenters. The second-order valence-corrected chi connectivity index (χ2v) is 6.92. The average Bonchev–Trinajstić information content (AvgIpc) is 3.35. The molecule has 0 spiro atoms. The molecular weight excluding hydrogens is 356 g/mol. The molecular formula is C22H22N2O4. The zero-order valence-electron chi connectivity index (χ0n) is 15.7. The van der Waals surface area contributed by atoms with Gasteiger partial charge in [-0.15, -0.1) is 0 Å². The lowest BCUT2D eigenvalue weighted by atomic mass is 10.1. The molecule has 3 aromatic rings. The smallest absolute Gasteiger partial charge is 0.231 e. The molecule has 6 nitrogen and oxygen atoms in total. The second kappa shape index (κ2) is 8.17. The van der Waals surface area contributed by atoms with Gasteiger partial charge in [0.2, 0.25) is 12.7 Å². The molecule has 0 saturated carbocycles. The van der Waals surface area contributed by atoms with E-state index in [1.54, 1.807) is 6.07 Å². The van der Waals surface area contributed by atoms with Gasteiger partial charge in [-0.25, -0.2) is 0 Å². The van der Waals surface area contributed by atoms with E-state index in [4.69, 9.17) is 14.0 Å². The van der Waals surface area contributed by atoms with Crippen LogP contribution in [-0.2, 0) is 17.6 Å². The highest BCUT2D eigenvalue weighted by molar-refractivity contribution is 5.78. The van der Waals surface area contributed by atoms with E-state index in [0.29, 0.717) is 23.0 Å². The van der Waals surface area contributed by atoms with Crippen molar-refractivity contribution >= 4 is 5.91 Å². The zero-order chi connectivity index (χ0) is 19.3. The van der Waals surface area contributed by atoms with Gasteiger partial charge in [0.1, 0.15) is 0 Å². The fraction of sp³-hybridized carbons (Fsp3) is 0.273. The third-order valence-corrected chi connectivity index (χ3v) is 4.67. The van der Waals surface area contributed by atoms with Crippen LogP contribution in [0.1, 0.15) is 24.6 Å². The largest absolute Gasteiger partial charge is 0.454 e. The lowest BCUT2D eigenvalue weighted by molar-refractivity contribution is -0.121. The van der Waals surface area contributed by atoms with Crippen LogP contribution >= 0.6 is 0 Å². The highest BCUT2D eigenvalue weighted by Crippen LogP contribution is 2.36. The van der Waals surface area contributed by atoms with E-state index in [-0.39, 0.29) is 25.2 Å². The molecule has 2 heterocycles. The Morgan fingerprint density at radius 2 is 1.93 bits per heavy atom. The Kier molecular flexibility index (Phi) is 5.28. The maximum absolute atomic E-state index is 12.3. The molecule has 2 aromatic carbocycles. The first-order valence-corrected chi connectivity index (χ1v) is 9.36. The van der Waals surface area contributed by atoms with Gasteiger partial charge in [-0.1, -0.05) is 35.5 Å². The summed E-state index contributed by atoms with van der Waals surface area (Å²) in [6.07, 6.45) is 2.00. The summed E-state index contributed by atoms with van der Waals surface area (Å²) in [4.78, 5) is 12.3. The Bertz CT molecular complexity index is 952. The van der Waals surface area contributed by atoms with E-state index >= 15 is 0 Å². The van der Waals surface area contributed by atoms with Crippen LogP contribution in [0.15, 0.2) is 59.1 Å². The SMILES string of the molecule is CC(CCc1ccccc1)NC(=O)Cc1cc(-c2ccc3c(c2)OCO3)on1. The predicted molar refractivity (Wildman–Crippen MR) is 104 cm³/mol. The molecule has 144 valence electrons. The summed E-state index contributed by atoms with van der Waals surface area (Å²) < 4.78 is 16.1. The molecule has 1 aromatic heterocycles. The summed E-state index contributed by atoms with van der Waals surface area (Å²) in [5.41, 5.74) is 2.70. The molecule has 1 aliphatic rings.